The quantitative estimate of drug-likeness (QED) is 0.623. The van der Waals surface area contributed by atoms with Crippen LogP contribution in [0.2, 0.25) is 0 Å². The fourth-order valence-corrected chi connectivity index (χ4v) is 2.61. The van der Waals surface area contributed by atoms with E-state index in [4.69, 9.17) is 9.15 Å². The lowest BCUT2D eigenvalue weighted by molar-refractivity contribution is -0.131. The number of rotatable bonds is 2. The summed E-state index contributed by atoms with van der Waals surface area (Å²) in [5.74, 6) is 0.426. The third-order valence-electron chi connectivity index (χ3n) is 3.58. The van der Waals surface area contributed by atoms with Crippen molar-refractivity contribution in [2.75, 3.05) is 0 Å². The fourth-order valence-electron chi connectivity index (χ4n) is 2.61. The molecule has 0 unspecified atom stereocenters. The molecule has 21 heavy (non-hydrogen) atoms. The second-order valence-corrected chi connectivity index (χ2v) is 5.18. The van der Waals surface area contributed by atoms with Gasteiger partial charge < -0.3 is 9.15 Å². The number of hydrogen-bond donors (Lipinski definition) is 0. The van der Waals surface area contributed by atoms with Crippen LogP contribution in [0.4, 0.5) is 0 Å². The number of carbonyl (C=O) groups is 1. The first-order valence-corrected chi connectivity index (χ1v) is 7.10. The van der Waals surface area contributed by atoms with Crippen molar-refractivity contribution < 1.29 is 13.9 Å². The number of esters is 1. The van der Waals surface area contributed by atoms with Gasteiger partial charge in [0.25, 0.3) is 0 Å². The largest absolute Gasteiger partial charge is 0.452 e. The summed E-state index contributed by atoms with van der Waals surface area (Å²) in [6.07, 6.45) is 6.29. The molecule has 0 aliphatic heterocycles. The van der Waals surface area contributed by atoms with Crippen LogP contribution in [-0.2, 0) is 4.79 Å². The maximum Gasteiger partial charge on any atom is 0.308 e. The molecule has 1 heterocycles. The molecule has 4 heteroatoms. The Labute approximate surface area is 122 Å². The van der Waals surface area contributed by atoms with Crippen LogP contribution in [0.1, 0.15) is 38.4 Å². The van der Waals surface area contributed by atoms with Gasteiger partial charge in [0.05, 0.1) is 5.39 Å². The van der Waals surface area contributed by atoms with E-state index in [2.05, 4.69) is 6.08 Å². The Kier molecular flexibility index (Phi) is 3.60. The molecule has 0 N–H and O–H groups in total. The average Bonchev–Trinajstić information content (AvgIpc) is 2.48. The van der Waals surface area contributed by atoms with E-state index in [1.165, 1.54) is 19.4 Å². The van der Waals surface area contributed by atoms with E-state index >= 15 is 0 Å². The van der Waals surface area contributed by atoms with Crippen molar-refractivity contribution in [3.63, 3.8) is 0 Å². The minimum absolute atomic E-state index is 0.119. The fraction of sp³-hybridized carbons (Fsp3) is 0.294. The highest BCUT2D eigenvalue weighted by atomic mass is 16.5. The minimum atomic E-state index is -0.438. The van der Waals surface area contributed by atoms with E-state index in [1.54, 1.807) is 18.2 Å². The zero-order chi connectivity index (χ0) is 14.8. The summed E-state index contributed by atoms with van der Waals surface area (Å²) >= 11 is 0. The highest BCUT2D eigenvalue weighted by Crippen LogP contribution is 2.30. The molecule has 2 aromatic rings. The van der Waals surface area contributed by atoms with Crippen LogP contribution in [0, 0.1) is 0 Å². The molecule has 0 fully saturated rings. The zero-order valence-corrected chi connectivity index (χ0v) is 11.8. The predicted molar refractivity (Wildman–Crippen MR) is 80.2 cm³/mol. The Bertz CT molecular complexity index is 783. The molecule has 0 bridgehead atoms. The molecular formula is C17H16O4. The van der Waals surface area contributed by atoms with E-state index in [-0.39, 0.29) is 11.2 Å². The van der Waals surface area contributed by atoms with E-state index in [0.717, 1.165) is 24.8 Å². The van der Waals surface area contributed by atoms with E-state index in [1.807, 2.05) is 0 Å². The summed E-state index contributed by atoms with van der Waals surface area (Å²) in [4.78, 5) is 23.4. The van der Waals surface area contributed by atoms with E-state index in [0.29, 0.717) is 16.7 Å². The SMILES string of the molecule is CC(=O)Oc1cccc2c(=O)cc(C3=CCCCC3)oc12. The van der Waals surface area contributed by atoms with Gasteiger partial charge in [-0.15, -0.1) is 0 Å². The number of para-hydroxylation sites is 1. The maximum atomic E-state index is 12.3. The molecule has 0 saturated heterocycles. The van der Waals surface area contributed by atoms with Crippen LogP contribution in [0.15, 0.2) is 39.6 Å². The van der Waals surface area contributed by atoms with Crippen LogP contribution in [0.3, 0.4) is 0 Å². The molecular weight excluding hydrogens is 268 g/mol. The lowest BCUT2D eigenvalue weighted by atomic mass is 9.97. The smallest absolute Gasteiger partial charge is 0.308 e. The van der Waals surface area contributed by atoms with Crippen LogP contribution in [0.5, 0.6) is 5.75 Å². The summed E-state index contributed by atoms with van der Waals surface area (Å²) in [6, 6.07) is 6.51. The highest BCUT2D eigenvalue weighted by molar-refractivity contribution is 5.86. The van der Waals surface area contributed by atoms with Crippen LogP contribution >= 0.6 is 0 Å². The van der Waals surface area contributed by atoms with Crippen LogP contribution in [-0.4, -0.2) is 5.97 Å². The summed E-state index contributed by atoms with van der Waals surface area (Å²) in [5, 5.41) is 0.425. The number of fused-ring (bicyclic) bond motifs is 1. The minimum Gasteiger partial charge on any atom is -0.452 e. The van der Waals surface area contributed by atoms with Gasteiger partial charge in [0, 0.05) is 13.0 Å². The van der Waals surface area contributed by atoms with Gasteiger partial charge >= 0.3 is 5.97 Å². The third-order valence-corrected chi connectivity index (χ3v) is 3.58. The van der Waals surface area contributed by atoms with Crippen LogP contribution in [0.25, 0.3) is 16.5 Å². The van der Waals surface area contributed by atoms with Gasteiger partial charge in [-0.3, -0.25) is 9.59 Å². The van der Waals surface area contributed by atoms with Crippen molar-refractivity contribution in [1.82, 2.24) is 0 Å². The number of allylic oxidation sites excluding steroid dienone is 2. The zero-order valence-electron chi connectivity index (χ0n) is 11.8. The van der Waals surface area contributed by atoms with Crippen molar-refractivity contribution >= 4 is 22.5 Å². The second-order valence-electron chi connectivity index (χ2n) is 5.18. The van der Waals surface area contributed by atoms with Crippen molar-refractivity contribution in [2.24, 2.45) is 0 Å². The molecule has 4 nitrogen and oxygen atoms in total. The monoisotopic (exact) mass is 284 g/mol. The molecule has 1 aliphatic rings. The Morgan fingerprint density at radius 1 is 1.29 bits per heavy atom. The van der Waals surface area contributed by atoms with Gasteiger partial charge in [0.1, 0.15) is 5.76 Å². The third kappa shape index (κ3) is 2.75. The van der Waals surface area contributed by atoms with E-state index < -0.39 is 5.97 Å². The average molecular weight is 284 g/mol. The Balaban J connectivity index is 2.18. The summed E-state index contributed by atoms with van der Waals surface area (Å²) < 4.78 is 11.0. The molecule has 1 aromatic heterocycles. The lowest BCUT2D eigenvalue weighted by Crippen LogP contribution is -2.06. The van der Waals surface area contributed by atoms with Gasteiger partial charge in [-0.25, -0.2) is 0 Å². The molecule has 108 valence electrons. The maximum absolute atomic E-state index is 12.3. The molecule has 3 rings (SSSR count). The highest BCUT2D eigenvalue weighted by Gasteiger charge is 2.14. The van der Waals surface area contributed by atoms with Gasteiger partial charge in [-0.05, 0) is 43.4 Å². The van der Waals surface area contributed by atoms with Gasteiger partial charge in [-0.2, -0.15) is 0 Å². The first kappa shape index (κ1) is 13.6. The second kappa shape index (κ2) is 5.56. The van der Waals surface area contributed by atoms with Gasteiger partial charge in [-0.1, -0.05) is 12.1 Å². The number of carbonyl (C=O) groups excluding carboxylic acids is 1. The number of hydrogen-bond acceptors (Lipinski definition) is 4. The predicted octanol–water partition coefficient (Wildman–Crippen LogP) is 3.68. The summed E-state index contributed by atoms with van der Waals surface area (Å²) in [5.41, 5.74) is 1.27. The van der Waals surface area contributed by atoms with Crippen molar-refractivity contribution in [2.45, 2.75) is 32.6 Å². The molecule has 0 radical (unpaired) electrons. The van der Waals surface area contributed by atoms with Crippen molar-refractivity contribution in [1.29, 1.82) is 0 Å². The van der Waals surface area contributed by atoms with Gasteiger partial charge in [0.2, 0.25) is 0 Å². The Hall–Kier alpha value is -2.36. The van der Waals surface area contributed by atoms with Gasteiger partial charge in [0.15, 0.2) is 16.8 Å². The first-order valence-electron chi connectivity index (χ1n) is 7.10. The normalized spacial score (nSPS) is 14.8. The van der Waals surface area contributed by atoms with Crippen LogP contribution < -0.4 is 10.2 Å². The molecule has 0 atom stereocenters. The lowest BCUT2D eigenvalue weighted by Gasteiger charge is -2.13. The topological polar surface area (TPSA) is 56.5 Å². The summed E-state index contributed by atoms with van der Waals surface area (Å²) in [6.45, 7) is 1.32. The molecule has 0 amide bonds. The number of benzene rings is 1. The summed E-state index contributed by atoms with van der Waals surface area (Å²) in [7, 11) is 0. The molecule has 0 saturated carbocycles. The first-order chi connectivity index (χ1) is 10.1. The van der Waals surface area contributed by atoms with Crippen molar-refractivity contribution in [3.05, 3.63) is 46.3 Å². The number of ether oxygens (including phenoxy) is 1. The Morgan fingerprint density at radius 2 is 2.14 bits per heavy atom. The molecule has 1 aliphatic carbocycles. The van der Waals surface area contributed by atoms with E-state index in [9.17, 15) is 9.59 Å². The van der Waals surface area contributed by atoms with Crippen molar-refractivity contribution in [3.8, 4) is 5.75 Å². The molecule has 0 spiro atoms. The Morgan fingerprint density at radius 3 is 2.86 bits per heavy atom. The molecule has 1 aromatic carbocycles. The standard InChI is InChI=1S/C17H16O4/c1-11(18)20-15-9-5-8-13-14(19)10-16(21-17(13)15)12-6-3-2-4-7-12/h5-6,8-10H,2-4,7H2,1H3.